The van der Waals surface area contributed by atoms with Crippen LogP contribution in [0.15, 0.2) is 22.8 Å². The molecule has 0 saturated carbocycles. The van der Waals surface area contributed by atoms with Gasteiger partial charge in [-0.05, 0) is 54.5 Å². The van der Waals surface area contributed by atoms with Crippen molar-refractivity contribution in [3.63, 3.8) is 0 Å². The molecule has 1 aliphatic rings. The first-order chi connectivity index (χ1) is 8.24. The van der Waals surface area contributed by atoms with Crippen molar-refractivity contribution in [3.8, 4) is 0 Å². The Balaban J connectivity index is 1.88. The van der Waals surface area contributed by atoms with Gasteiger partial charge >= 0.3 is 0 Å². The number of likely N-dealkylation sites (N-methyl/N-ethyl adjacent to an activating group) is 1. The van der Waals surface area contributed by atoms with Gasteiger partial charge in [-0.1, -0.05) is 6.07 Å². The molecule has 3 rings (SSSR count). The van der Waals surface area contributed by atoms with Gasteiger partial charge in [0.25, 0.3) is 0 Å². The quantitative estimate of drug-likeness (QED) is 0.796. The van der Waals surface area contributed by atoms with Crippen LogP contribution in [0.4, 0.5) is 0 Å². The van der Waals surface area contributed by atoms with Crippen molar-refractivity contribution in [1.29, 1.82) is 0 Å². The highest BCUT2D eigenvalue weighted by Crippen LogP contribution is 2.19. The highest BCUT2D eigenvalue weighted by atomic mass is 79.9. The molecule has 17 heavy (non-hydrogen) atoms. The van der Waals surface area contributed by atoms with Crippen LogP contribution < -0.4 is 0 Å². The summed E-state index contributed by atoms with van der Waals surface area (Å²) in [6.07, 6.45) is 3.50. The minimum absolute atomic E-state index is 0.603. The average Bonchev–Trinajstić information content (AvgIpc) is 2.87. The summed E-state index contributed by atoms with van der Waals surface area (Å²) in [6, 6.07) is 6.55. The Bertz CT molecular complexity index is 536. The van der Waals surface area contributed by atoms with Crippen LogP contribution in [0, 0.1) is 0 Å². The van der Waals surface area contributed by atoms with Crippen molar-refractivity contribution in [2.45, 2.75) is 25.3 Å². The Labute approximate surface area is 109 Å². The molecule has 1 atom stereocenters. The van der Waals surface area contributed by atoms with Gasteiger partial charge in [-0.2, -0.15) is 5.10 Å². The summed E-state index contributed by atoms with van der Waals surface area (Å²) in [5.74, 6) is 0.940. The predicted molar refractivity (Wildman–Crippen MR) is 70.0 cm³/mol. The van der Waals surface area contributed by atoms with Gasteiger partial charge < -0.3 is 4.90 Å². The van der Waals surface area contributed by atoms with Crippen LogP contribution in [0.2, 0.25) is 0 Å². The lowest BCUT2D eigenvalue weighted by molar-refractivity contribution is 0.306. The molecule has 2 aromatic heterocycles. The molecule has 0 radical (unpaired) electrons. The summed E-state index contributed by atoms with van der Waals surface area (Å²) in [5.41, 5.74) is 0.912. The van der Waals surface area contributed by atoms with E-state index in [0.717, 1.165) is 22.5 Å². The molecule has 3 heterocycles. The third-order valence-corrected chi connectivity index (χ3v) is 4.05. The topological polar surface area (TPSA) is 33.4 Å². The van der Waals surface area contributed by atoms with E-state index in [2.05, 4.69) is 38.0 Å². The van der Waals surface area contributed by atoms with Gasteiger partial charge in [0.05, 0.1) is 0 Å². The van der Waals surface area contributed by atoms with E-state index in [4.69, 9.17) is 0 Å². The molecule has 5 heteroatoms. The molecule has 1 aliphatic heterocycles. The number of likely N-dealkylation sites (tertiary alicyclic amines) is 1. The van der Waals surface area contributed by atoms with Crippen LogP contribution in [-0.4, -0.2) is 39.1 Å². The number of pyridine rings is 1. The van der Waals surface area contributed by atoms with E-state index in [0.29, 0.717) is 6.04 Å². The first kappa shape index (κ1) is 11.2. The fraction of sp³-hybridized carbons (Fsp3) is 0.500. The van der Waals surface area contributed by atoms with Crippen molar-refractivity contribution in [2.24, 2.45) is 0 Å². The number of nitrogens with zero attached hydrogens (tertiary/aromatic N) is 4. The van der Waals surface area contributed by atoms with E-state index in [1.807, 2.05) is 22.7 Å². The zero-order valence-corrected chi connectivity index (χ0v) is 11.4. The number of fused-ring (bicyclic) bond motifs is 1. The van der Waals surface area contributed by atoms with Crippen LogP contribution in [0.25, 0.3) is 5.65 Å². The standard InChI is InChI=1S/C12H15BrN4/c1-16-7-3-4-9(16)8-11-14-12-6-2-5-10(13)17(12)15-11/h2,5-6,9H,3-4,7-8H2,1H3. The summed E-state index contributed by atoms with van der Waals surface area (Å²) in [7, 11) is 2.18. The first-order valence-corrected chi connectivity index (χ1v) is 6.74. The monoisotopic (exact) mass is 294 g/mol. The molecule has 0 bridgehead atoms. The fourth-order valence-electron chi connectivity index (χ4n) is 2.45. The Hall–Kier alpha value is -0.940. The van der Waals surface area contributed by atoms with Crippen LogP contribution in [0.3, 0.4) is 0 Å². The van der Waals surface area contributed by atoms with Gasteiger partial charge in [-0.3, -0.25) is 0 Å². The predicted octanol–water partition coefficient (Wildman–Crippen LogP) is 2.13. The molecule has 2 aromatic rings. The molecule has 0 amide bonds. The lowest BCUT2D eigenvalue weighted by Gasteiger charge is -2.17. The van der Waals surface area contributed by atoms with E-state index < -0.39 is 0 Å². The van der Waals surface area contributed by atoms with Crippen molar-refractivity contribution in [2.75, 3.05) is 13.6 Å². The molecule has 0 N–H and O–H groups in total. The molecule has 0 aliphatic carbocycles. The molecule has 1 saturated heterocycles. The minimum atomic E-state index is 0.603. The number of hydrogen-bond donors (Lipinski definition) is 0. The van der Waals surface area contributed by atoms with Gasteiger partial charge in [-0.25, -0.2) is 9.50 Å². The second-order valence-corrected chi connectivity index (χ2v) is 5.44. The van der Waals surface area contributed by atoms with Gasteiger partial charge in [0, 0.05) is 12.5 Å². The fourth-order valence-corrected chi connectivity index (χ4v) is 2.87. The first-order valence-electron chi connectivity index (χ1n) is 5.94. The smallest absolute Gasteiger partial charge is 0.156 e. The third kappa shape index (κ3) is 2.09. The number of halogens is 1. The molecule has 90 valence electrons. The molecule has 0 spiro atoms. The zero-order valence-electron chi connectivity index (χ0n) is 9.80. The van der Waals surface area contributed by atoms with E-state index in [1.54, 1.807) is 0 Å². The minimum Gasteiger partial charge on any atom is -0.303 e. The lowest BCUT2D eigenvalue weighted by atomic mass is 10.1. The highest BCUT2D eigenvalue weighted by molar-refractivity contribution is 9.10. The lowest BCUT2D eigenvalue weighted by Crippen LogP contribution is -2.27. The van der Waals surface area contributed by atoms with Crippen molar-refractivity contribution < 1.29 is 0 Å². The van der Waals surface area contributed by atoms with Gasteiger partial charge in [0.15, 0.2) is 11.5 Å². The third-order valence-electron chi connectivity index (χ3n) is 3.45. The van der Waals surface area contributed by atoms with Gasteiger partial charge in [0.1, 0.15) is 4.60 Å². The number of hydrogen-bond acceptors (Lipinski definition) is 3. The maximum atomic E-state index is 4.57. The molecule has 4 nitrogen and oxygen atoms in total. The molecule has 1 fully saturated rings. The Morgan fingerprint density at radius 2 is 2.35 bits per heavy atom. The molecular weight excluding hydrogens is 280 g/mol. The second-order valence-electron chi connectivity index (χ2n) is 4.63. The number of rotatable bonds is 2. The summed E-state index contributed by atoms with van der Waals surface area (Å²) in [4.78, 5) is 6.97. The van der Waals surface area contributed by atoms with Crippen LogP contribution >= 0.6 is 15.9 Å². The van der Waals surface area contributed by atoms with Crippen molar-refractivity contribution in [1.82, 2.24) is 19.5 Å². The Morgan fingerprint density at radius 1 is 1.47 bits per heavy atom. The summed E-state index contributed by atoms with van der Waals surface area (Å²) in [5, 5.41) is 4.54. The average molecular weight is 295 g/mol. The highest BCUT2D eigenvalue weighted by Gasteiger charge is 2.22. The van der Waals surface area contributed by atoms with Gasteiger partial charge in [0.2, 0.25) is 0 Å². The summed E-state index contributed by atoms with van der Waals surface area (Å²) >= 11 is 3.48. The van der Waals surface area contributed by atoms with Crippen LogP contribution in [0.5, 0.6) is 0 Å². The van der Waals surface area contributed by atoms with Crippen molar-refractivity contribution in [3.05, 3.63) is 28.6 Å². The summed E-state index contributed by atoms with van der Waals surface area (Å²) < 4.78 is 2.80. The summed E-state index contributed by atoms with van der Waals surface area (Å²) in [6.45, 7) is 1.20. The molecule has 1 unspecified atom stereocenters. The normalized spacial score (nSPS) is 21.4. The molecular formula is C12H15BrN4. The van der Waals surface area contributed by atoms with Crippen LogP contribution in [-0.2, 0) is 6.42 Å². The Kier molecular flexibility index (Phi) is 2.88. The van der Waals surface area contributed by atoms with Crippen molar-refractivity contribution >= 4 is 21.6 Å². The van der Waals surface area contributed by atoms with E-state index in [9.17, 15) is 0 Å². The second kappa shape index (κ2) is 4.38. The van der Waals surface area contributed by atoms with E-state index in [-0.39, 0.29) is 0 Å². The van der Waals surface area contributed by atoms with Gasteiger partial charge in [-0.15, -0.1) is 0 Å². The Morgan fingerprint density at radius 3 is 3.06 bits per heavy atom. The van der Waals surface area contributed by atoms with E-state index >= 15 is 0 Å². The molecule has 0 aromatic carbocycles. The maximum Gasteiger partial charge on any atom is 0.156 e. The van der Waals surface area contributed by atoms with E-state index in [1.165, 1.54) is 19.4 Å². The maximum absolute atomic E-state index is 4.57. The number of aromatic nitrogens is 3. The van der Waals surface area contributed by atoms with Crippen LogP contribution in [0.1, 0.15) is 18.7 Å². The zero-order chi connectivity index (χ0) is 11.8. The SMILES string of the molecule is CN1CCCC1Cc1nc2cccc(Br)n2n1. The largest absolute Gasteiger partial charge is 0.303 e.